The van der Waals surface area contributed by atoms with Gasteiger partial charge in [0.2, 0.25) is 0 Å². The van der Waals surface area contributed by atoms with Gasteiger partial charge in [0.05, 0.1) is 4.91 Å². The average molecular weight is 301 g/mol. The largest absolute Gasteiger partial charge is 0.289 e. The van der Waals surface area contributed by atoms with Crippen LogP contribution in [0.3, 0.4) is 0 Å². The summed E-state index contributed by atoms with van der Waals surface area (Å²) in [6.45, 7) is 6.08. The summed E-state index contributed by atoms with van der Waals surface area (Å²) in [6, 6.07) is 10.0. The molecule has 1 aromatic rings. The van der Waals surface area contributed by atoms with Crippen LogP contribution >= 0.6 is 24.0 Å². The number of nitrogens with zero attached hydrogens (tertiary/aromatic N) is 1. The van der Waals surface area contributed by atoms with E-state index in [2.05, 4.69) is 6.58 Å². The van der Waals surface area contributed by atoms with Gasteiger partial charge in [0, 0.05) is 6.54 Å². The van der Waals surface area contributed by atoms with Crippen molar-refractivity contribution < 1.29 is 4.79 Å². The molecule has 2 rings (SSSR count). The zero-order valence-electron chi connectivity index (χ0n) is 11.2. The molecule has 0 saturated carbocycles. The third-order valence-electron chi connectivity index (χ3n) is 2.74. The van der Waals surface area contributed by atoms with E-state index in [0.717, 1.165) is 11.1 Å². The summed E-state index contributed by atoms with van der Waals surface area (Å²) in [4.78, 5) is 14.4. The standard InChI is InChI=1S/C16H15NOS2/c1-3-9-17-15(18)14(20-16(17)19)11-12(2)10-13-7-5-4-6-8-13/h3-8,10-11H,1,9H2,2H3/b12-10+,14-11-. The van der Waals surface area contributed by atoms with Gasteiger partial charge in [-0.25, -0.2) is 0 Å². The van der Waals surface area contributed by atoms with E-state index in [1.807, 2.05) is 49.4 Å². The highest BCUT2D eigenvalue weighted by Crippen LogP contribution is 2.31. The summed E-state index contributed by atoms with van der Waals surface area (Å²) in [5.74, 6) is -0.0410. The highest BCUT2D eigenvalue weighted by molar-refractivity contribution is 8.26. The van der Waals surface area contributed by atoms with Gasteiger partial charge >= 0.3 is 0 Å². The third-order valence-corrected chi connectivity index (χ3v) is 4.12. The molecule has 0 aliphatic carbocycles. The van der Waals surface area contributed by atoms with Crippen molar-refractivity contribution in [2.24, 2.45) is 0 Å². The van der Waals surface area contributed by atoms with Crippen molar-refractivity contribution in [2.75, 3.05) is 6.54 Å². The lowest BCUT2D eigenvalue weighted by Crippen LogP contribution is -2.27. The van der Waals surface area contributed by atoms with Gasteiger partial charge in [-0.1, -0.05) is 66.5 Å². The Morgan fingerprint density at radius 1 is 1.40 bits per heavy atom. The second-order valence-corrected chi connectivity index (χ2v) is 6.06. The number of hydrogen-bond donors (Lipinski definition) is 0. The van der Waals surface area contributed by atoms with Crippen molar-refractivity contribution in [2.45, 2.75) is 6.92 Å². The van der Waals surface area contributed by atoms with E-state index in [9.17, 15) is 4.79 Å². The van der Waals surface area contributed by atoms with Crippen molar-refractivity contribution in [3.8, 4) is 0 Å². The highest BCUT2D eigenvalue weighted by atomic mass is 32.2. The Morgan fingerprint density at radius 2 is 2.10 bits per heavy atom. The molecule has 1 saturated heterocycles. The van der Waals surface area contributed by atoms with E-state index in [1.165, 1.54) is 11.8 Å². The molecule has 1 aromatic carbocycles. The van der Waals surface area contributed by atoms with Crippen LogP contribution in [-0.4, -0.2) is 21.7 Å². The molecule has 1 heterocycles. The highest BCUT2D eigenvalue weighted by Gasteiger charge is 2.30. The fraction of sp³-hybridized carbons (Fsp3) is 0.125. The Hall–Kier alpha value is -1.65. The molecule has 0 aromatic heterocycles. The van der Waals surface area contributed by atoms with Gasteiger partial charge in [-0.05, 0) is 24.1 Å². The van der Waals surface area contributed by atoms with Gasteiger partial charge in [0.15, 0.2) is 0 Å². The molecule has 1 fully saturated rings. The van der Waals surface area contributed by atoms with Crippen LogP contribution < -0.4 is 0 Å². The predicted octanol–water partition coefficient (Wildman–Crippen LogP) is 4.02. The minimum absolute atomic E-state index is 0.0410. The first-order chi connectivity index (χ1) is 9.61. The number of benzene rings is 1. The van der Waals surface area contributed by atoms with E-state index < -0.39 is 0 Å². The van der Waals surface area contributed by atoms with E-state index in [4.69, 9.17) is 12.2 Å². The van der Waals surface area contributed by atoms with Crippen LogP contribution in [0.1, 0.15) is 12.5 Å². The van der Waals surface area contributed by atoms with Gasteiger partial charge in [0.25, 0.3) is 5.91 Å². The van der Waals surface area contributed by atoms with Crippen LogP contribution in [0.2, 0.25) is 0 Å². The van der Waals surface area contributed by atoms with E-state index in [-0.39, 0.29) is 5.91 Å². The zero-order valence-corrected chi connectivity index (χ0v) is 12.8. The molecule has 1 amide bonds. The van der Waals surface area contributed by atoms with Crippen LogP contribution in [0, 0.1) is 0 Å². The van der Waals surface area contributed by atoms with Crippen molar-refractivity contribution >= 4 is 40.3 Å². The second-order valence-electron chi connectivity index (χ2n) is 4.38. The van der Waals surface area contributed by atoms with Crippen LogP contribution in [0.15, 0.2) is 59.5 Å². The van der Waals surface area contributed by atoms with Crippen LogP contribution in [0.4, 0.5) is 0 Å². The van der Waals surface area contributed by atoms with Crippen LogP contribution in [0.25, 0.3) is 6.08 Å². The molecule has 1 aliphatic rings. The first-order valence-electron chi connectivity index (χ1n) is 6.21. The monoisotopic (exact) mass is 301 g/mol. The Bertz CT molecular complexity index is 602. The average Bonchev–Trinajstić information content (AvgIpc) is 2.68. The number of thiocarbonyl (C=S) groups is 1. The fourth-order valence-corrected chi connectivity index (χ4v) is 3.17. The number of thioether (sulfide) groups is 1. The van der Waals surface area contributed by atoms with E-state index in [1.54, 1.807) is 11.0 Å². The van der Waals surface area contributed by atoms with Crippen molar-refractivity contribution in [1.82, 2.24) is 4.90 Å². The van der Waals surface area contributed by atoms with Gasteiger partial charge in [-0.3, -0.25) is 9.69 Å². The number of hydrogen-bond acceptors (Lipinski definition) is 3. The molecule has 0 bridgehead atoms. The molecular formula is C16H15NOS2. The molecule has 1 aliphatic heterocycles. The molecule has 0 unspecified atom stereocenters. The van der Waals surface area contributed by atoms with Gasteiger partial charge in [-0.15, -0.1) is 6.58 Å². The van der Waals surface area contributed by atoms with E-state index >= 15 is 0 Å². The molecule has 4 heteroatoms. The zero-order chi connectivity index (χ0) is 14.5. The number of allylic oxidation sites excluding steroid dienone is 2. The normalized spacial score (nSPS) is 17.9. The van der Waals surface area contributed by atoms with Crippen LogP contribution in [0.5, 0.6) is 0 Å². The second kappa shape index (κ2) is 6.68. The number of rotatable bonds is 4. The molecular weight excluding hydrogens is 286 g/mol. The minimum Gasteiger partial charge on any atom is -0.289 e. The van der Waals surface area contributed by atoms with Crippen molar-refractivity contribution in [3.63, 3.8) is 0 Å². The molecule has 0 N–H and O–H groups in total. The van der Waals surface area contributed by atoms with E-state index in [0.29, 0.717) is 15.8 Å². The Kier molecular flexibility index (Phi) is 4.93. The lowest BCUT2D eigenvalue weighted by molar-refractivity contribution is -0.121. The summed E-state index contributed by atoms with van der Waals surface area (Å²) in [5, 5.41) is 0. The molecule has 102 valence electrons. The third kappa shape index (κ3) is 3.46. The number of carbonyl (C=O) groups excluding carboxylic acids is 1. The van der Waals surface area contributed by atoms with Crippen LogP contribution in [-0.2, 0) is 4.79 Å². The number of amides is 1. The lowest BCUT2D eigenvalue weighted by atomic mass is 10.1. The molecule has 20 heavy (non-hydrogen) atoms. The van der Waals surface area contributed by atoms with Gasteiger partial charge in [0.1, 0.15) is 4.32 Å². The van der Waals surface area contributed by atoms with Gasteiger partial charge in [-0.2, -0.15) is 0 Å². The predicted molar refractivity (Wildman–Crippen MR) is 90.3 cm³/mol. The SMILES string of the molecule is C=CCN1C(=O)/C(=C/C(C)=C/c2ccccc2)SC1=S. The molecule has 0 spiro atoms. The number of carbonyl (C=O) groups is 1. The summed E-state index contributed by atoms with van der Waals surface area (Å²) >= 11 is 6.54. The summed E-state index contributed by atoms with van der Waals surface area (Å²) in [6.07, 6.45) is 5.61. The Balaban J connectivity index is 2.19. The molecule has 0 atom stereocenters. The smallest absolute Gasteiger partial charge is 0.266 e. The maximum absolute atomic E-state index is 12.2. The molecule has 0 radical (unpaired) electrons. The van der Waals surface area contributed by atoms with Crippen molar-refractivity contribution in [1.29, 1.82) is 0 Å². The summed E-state index contributed by atoms with van der Waals surface area (Å²) < 4.78 is 0.591. The quantitative estimate of drug-likeness (QED) is 0.476. The maximum Gasteiger partial charge on any atom is 0.266 e. The molecule has 2 nitrogen and oxygen atoms in total. The van der Waals surface area contributed by atoms with Gasteiger partial charge < -0.3 is 0 Å². The summed E-state index contributed by atoms with van der Waals surface area (Å²) in [7, 11) is 0. The maximum atomic E-state index is 12.2. The fourth-order valence-electron chi connectivity index (χ4n) is 1.85. The lowest BCUT2D eigenvalue weighted by Gasteiger charge is -2.10. The topological polar surface area (TPSA) is 20.3 Å². The Labute approximate surface area is 128 Å². The first kappa shape index (κ1) is 14.8. The first-order valence-corrected chi connectivity index (χ1v) is 7.44. The Morgan fingerprint density at radius 3 is 2.75 bits per heavy atom. The minimum atomic E-state index is -0.0410. The summed E-state index contributed by atoms with van der Waals surface area (Å²) in [5.41, 5.74) is 2.14. The van der Waals surface area contributed by atoms with Crippen molar-refractivity contribution in [3.05, 3.63) is 65.1 Å².